The van der Waals surface area contributed by atoms with Crippen LogP contribution in [0.5, 0.6) is 5.75 Å². The molecule has 0 spiro atoms. The highest BCUT2D eigenvalue weighted by Crippen LogP contribution is 2.28. The van der Waals surface area contributed by atoms with Crippen LogP contribution >= 0.6 is 0 Å². The number of aliphatic hydroxyl groups excluding tert-OH is 1. The summed E-state index contributed by atoms with van der Waals surface area (Å²) in [6.07, 6.45) is 1.67. The Labute approximate surface area is 216 Å². The van der Waals surface area contributed by atoms with Crippen LogP contribution in [0.1, 0.15) is 24.5 Å². The van der Waals surface area contributed by atoms with E-state index in [2.05, 4.69) is 24.4 Å². The molecule has 5 N–H and O–H groups in total. The van der Waals surface area contributed by atoms with Crippen molar-refractivity contribution >= 4 is 37.4 Å². The van der Waals surface area contributed by atoms with Crippen LogP contribution in [0.25, 0.3) is 0 Å². The zero-order valence-electron chi connectivity index (χ0n) is 20.5. The van der Waals surface area contributed by atoms with Gasteiger partial charge in [0.05, 0.1) is 30.1 Å². The second-order valence-corrected chi connectivity index (χ2v) is 12.2. The van der Waals surface area contributed by atoms with Gasteiger partial charge in [0.2, 0.25) is 20.0 Å². The molecule has 1 aliphatic heterocycles. The SMILES string of the molecule is COC(=O)CNS(=O)(=O)c1ccc(N2CCC(NC[C@H](O)c3ccc(O)c(NS(C)(=O)=O)c3)CC2)cc1. The molecule has 1 atom stereocenters. The molecule has 2 aromatic carbocycles. The maximum atomic E-state index is 12.3. The Morgan fingerprint density at radius 2 is 1.76 bits per heavy atom. The number of phenols is 1. The van der Waals surface area contributed by atoms with Crippen molar-refractivity contribution in [2.75, 3.05) is 49.2 Å². The summed E-state index contributed by atoms with van der Waals surface area (Å²) in [6.45, 7) is 1.25. The van der Waals surface area contributed by atoms with Crippen LogP contribution < -0.4 is 19.7 Å². The van der Waals surface area contributed by atoms with Gasteiger partial charge in [0.15, 0.2) is 0 Å². The van der Waals surface area contributed by atoms with E-state index < -0.39 is 38.7 Å². The van der Waals surface area contributed by atoms with E-state index in [-0.39, 0.29) is 28.9 Å². The predicted molar refractivity (Wildman–Crippen MR) is 138 cm³/mol. The molecule has 14 heteroatoms. The number of carbonyl (C=O) groups is 1. The molecular weight excluding hydrogens is 524 g/mol. The standard InChI is InChI=1S/C23H32N4O8S2/c1-35-23(30)15-25-37(33,34)19-6-4-18(5-7-19)27-11-9-17(10-12-27)24-14-22(29)16-3-8-21(28)20(13-16)26-36(2,31)32/h3-8,13,17,22,24-26,28-29H,9-12,14-15H2,1-2H3/t22-/m0/s1. The first-order valence-corrected chi connectivity index (χ1v) is 14.9. The van der Waals surface area contributed by atoms with E-state index in [4.69, 9.17) is 0 Å². The molecule has 1 aliphatic rings. The number of aromatic hydroxyl groups is 1. The van der Waals surface area contributed by atoms with Crippen molar-refractivity contribution < 1.29 is 36.6 Å². The van der Waals surface area contributed by atoms with Crippen LogP contribution in [0, 0.1) is 0 Å². The molecule has 0 radical (unpaired) electrons. The Kier molecular flexibility index (Phi) is 9.36. The van der Waals surface area contributed by atoms with Crippen molar-refractivity contribution in [3.8, 4) is 5.75 Å². The molecule has 0 saturated carbocycles. The minimum Gasteiger partial charge on any atom is -0.506 e. The second-order valence-electron chi connectivity index (χ2n) is 8.73. The second kappa shape index (κ2) is 12.1. The van der Waals surface area contributed by atoms with Crippen LogP contribution in [-0.2, 0) is 29.6 Å². The lowest BCUT2D eigenvalue weighted by Crippen LogP contribution is -2.43. The topological polar surface area (TPSA) is 174 Å². The molecule has 0 amide bonds. The average molecular weight is 557 g/mol. The summed E-state index contributed by atoms with van der Waals surface area (Å²) in [5, 5.41) is 23.7. The zero-order valence-corrected chi connectivity index (χ0v) is 22.2. The number of esters is 1. The van der Waals surface area contributed by atoms with Crippen LogP contribution in [0.2, 0.25) is 0 Å². The largest absolute Gasteiger partial charge is 0.506 e. The number of benzene rings is 2. The van der Waals surface area contributed by atoms with E-state index >= 15 is 0 Å². The van der Waals surface area contributed by atoms with Crippen LogP contribution in [0.4, 0.5) is 11.4 Å². The van der Waals surface area contributed by atoms with E-state index in [1.807, 2.05) is 0 Å². The number of ether oxygens (including phenoxy) is 1. The van der Waals surface area contributed by atoms with Crippen molar-refractivity contribution in [3.63, 3.8) is 0 Å². The smallest absolute Gasteiger partial charge is 0.320 e. The third-order valence-electron chi connectivity index (χ3n) is 5.94. The van der Waals surface area contributed by atoms with Gasteiger partial charge in [-0.3, -0.25) is 9.52 Å². The summed E-state index contributed by atoms with van der Waals surface area (Å²) < 4.78 is 56.4. The lowest BCUT2D eigenvalue weighted by Gasteiger charge is -2.34. The number of rotatable bonds is 11. The Morgan fingerprint density at radius 3 is 2.35 bits per heavy atom. The molecular formula is C23H32N4O8S2. The molecule has 0 unspecified atom stereocenters. The minimum atomic E-state index is -3.83. The monoisotopic (exact) mass is 556 g/mol. The predicted octanol–water partition coefficient (Wildman–Crippen LogP) is 0.507. The number of carbonyl (C=O) groups excluding carboxylic acids is 1. The van der Waals surface area contributed by atoms with E-state index in [9.17, 15) is 31.8 Å². The van der Waals surface area contributed by atoms with Gasteiger partial charge in [0.1, 0.15) is 12.3 Å². The van der Waals surface area contributed by atoms with Gasteiger partial charge in [-0.2, -0.15) is 4.72 Å². The fraction of sp³-hybridized carbons (Fsp3) is 0.435. The fourth-order valence-corrected chi connectivity index (χ4v) is 5.46. The lowest BCUT2D eigenvalue weighted by atomic mass is 10.0. The van der Waals surface area contributed by atoms with Crippen molar-refractivity contribution in [3.05, 3.63) is 48.0 Å². The average Bonchev–Trinajstić information content (AvgIpc) is 2.86. The summed E-state index contributed by atoms with van der Waals surface area (Å²) in [5.74, 6) is -0.911. The van der Waals surface area contributed by atoms with E-state index in [1.54, 1.807) is 12.1 Å². The van der Waals surface area contributed by atoms with Crippen molar-refractivity contribution in [1.29, 1.82) is 0 Å². The summed E-state index contributed by atoms with van der Waals surface area (Å²) in [5.41, 5.74) is 1.34. The number of hydrogen-bond acceptors (Lipinski definition) is 10. The highest BCUT2D eigenvalue weighted by molar-refractivity contribution is 7.92. The molecule has 3 rings (SSSR count). The maximum absolute atomic E-state index is 12.3. The first-order valence-electron chi connectivity index (χ1n) is 11.5. The van der Waals surface area contributed by atoms with Gasteiger partial charge < -0.3 is 25.2 Å². The number of hydrogen-bond donors (Lipinski definition) is 5. The van der Waals surface area contributed by atoms with Crippen molar-refractivity contribution in [2.24, 2.45) is 0 Å². The molecule has 2 aromatic rings. The Bertz CT molecular complexity index is 1290. The van der Waals surface area contributed by atoms with E-state index in [0.29, 0.717) is 5.56 Å². The molecule has 0 aromatic heterocycles. The van der Waals surface area contributed by atoms with Gasteiger partial charge in [0, 0.05) is 31.4 Å². The van der Waals surface area contributed by atoms with Crippen LogP contribution in [-0.4, -0.2) is 78.6 Å². The number of aliphatic hydroxyl groups is 1. The summed E-state index contributed by atoms with van der Waals surface area (Å²) in [7, 11) is -6.22. The zero-order chi connectivity index (χ0) is 27.2. The van der Waals surface area contributed by atoms with Gasteiger partial charge >= 0.3 is 5.97 Å². The van der Waals surface area contributed by atoms with Gasteiger partial charge in [-0.25, -0.2) is 16.8 Å². The van der Waals surface area contributed by atoms with E-state index in [1.165, 1.54) is 37.4 Å². The number of anilines is 2. The molecule has 0 aliphatic carbocycles. The first kappa shape index (κ1) is 28.7. The Balaban J connectivity index is 1.50. The molecule has 0 bridgehead atoms. The van der Waals surface area contributed by atoms with Gasteiger partial charge in [-0.1, -0.05) is 6.07 Å². The molecule has 37 heavy (non-hydrogen) atoms. The Morgan fingerprint density at radius 1 is 1.11 bits per heavy atom. The third-order valence-corrected chi connectivity index (χ3v) is 7.95. The summed E-state index contributed by atoms with van der Waals surface area (Å²) >= 11 is 0. The first-order chi connectivity index (χ1) is 17.4. The van der Waals surface area contributed by atoms with Crippen LogP contribution in [0.15, 0.2) is 47.4 Å². The molecule has 204 valence electrons. The van der Waals surface area contributed by atoms with Gasteiger partial charge in [-0.05, 0) is 54.8 Å². The lowest BCUT2D eigenvalue weighted by molar-refractivity contribution is -0.139. The highest BCUT2D eigenvalue weighted by Gasteiger charge is 2.22. The maximum Gasteiger partial charge on any atom is 0.320 e. The Hall–Kier alpha value is -2.91. The highest BCUT2D eigenvalue weighted by atomic mass is 32.2. The number of nitrogens with one attached hydrogen (secondary N) is 3. The molecule has 1 heterocycles. The third kappa shape index (κ3) is 8.30. The van der Waals surface area contributed by atoms with E-state index in [0.717, 1.165) is 37.9 Å². The van der Waals surface area contributed by atoms with Gasteiger partial charge in [0.25, 0.3) is 0 Å². The summed E-state index contributed by atoms with van der Waals surface area (Å²) in [4.78, 5) is 13.4. The molecule has 1 saturated heterocycles. The summed E-state index contributed by atoms with van der Waals surface area (Å²) in [6, 6.07) is 10.8. The number of phenolic OH excluding ortho intramolecular Hbond substituents is 1. The van der Waals surface area contributed by atoms with Gasteiger partial charge in [-0.15, -0.1) is 0 Å². The molecule has 1 fully saturated rings. The number of nitrogens with zero attached hydrogens (tertiary/aromatic N) is 1. The van der Waals surface area contributed by atoms with Crippen molar-refractivity contribution in [2.45, 2.75) is 29.9 Å². The fourth-order valence-electron chi connectivity index (χ4n) is 3.93. The normalized spacial score (nSPS) is 15.8. The van der Waals surface area contributed by atoms with Crippen molar-refractivity contribution in [1.82, 2.24) is 10.0 Å². The number of methoxy groups -OCH3 is 1. The quantitative estimate of drug-likeness (QED) is 0.194. The van der Waals surface area contributed by atoms with Crippen LogP contribution in [0.3, 0.4) is 0 Å². The number of sulfonamides is 2. The minimum absolute atomic E-state index is 0.00502. The molecule has 12 nitrogen and oxygen atoms in total. The number of piperidine rings is 1.